The molecule has 1 fully saturated rings. The number of anilines is 1. The zero-order valence-electron chi connectivity index (χ0n) is 9.73. The minimum absolute atomic E-state index is 0.0232. The van der Waals surface area contributed by atoms with Crippen LogP contribution in [-0.4, -0.2) is 43.7 Å². The largest absolute Gasteiger partial charge is 0.378 e. The summed E-state index contributed by atoms with van der Waals surface area (Å²) in [6, 6.07) is 0. The molecule has 0 radical (unpaired) electrons. The van der Waals surface area contributed by atoms with Gasteiger partial charge in [-0.3, -0.25) is 4.79 Å². The van der Waals surface area contributed by atoms with Gasteiger partial charge in [0, 0.05) is 25.6 Å². The van der Waals surface area contributed by atoms with Crippen LogP contribution in [0.4, 0.5) is 5.13 Å². The van der Waals surface area contributed by atoms with E-state index < -0.39 is 0 Å². The molecule has 2 aliphatic heterocycles. The molecule has 1 unspecified atom stereocenters. The molecule has 0 saturated carbocycles. The highest BCUT2D eigenvalue weighted by atomic mass is 32.1. The number of morpholine rings is 1. The van der Waals surface area contributed by atoms with Gasteiger partial charge < -0.3 is 15.0 Å². The second kappa shape index (κ2) is 4.27. The molecule has 5 nitrogen and oxygen atoms in total. The number of amides is 1. The monoisotopic (exact) mass is 253 g/mol. The van der Waals surface area contributed by atoms with Gasteiger partial charge in [-0.25, -0.2) is 4.98 Å². The van der Waals surface area contributed by atoms with Gasteiger partial charge in [-0.05, 0) is 0 Å². The molecular weight excluding hydrogens is 238 g/mol. The summed E-state index contributed by atoms with van der Waals surface area (Å²) in [5.41, 5.74) is 0.959. The quantitative estimate of drug-likeness (QED) is 0.805. The summed E-state index contributed by atoms with van der Waals surface area (Å²) >= 11 is 1.50. The molecule has 17 heavy (non-hydrogen) atoms. The lowest BCUT2D eigenvalue weighted by Crippen LogP contribution is -2.36. The lowest BCUT2D eigenvalue weighted by molar-refractivity contribution is 0.0945. The van der Waals surface area contributed by atoms with Crippen molar-refractivity contribution in [3.63, 3.8) is 0 Å². The normalized spacial score (nSPS) is 24.4. The van der Waals surface area contributed by atoms with E-state index in [0.717, 1.165) is 42.0 Å². The minimum atomic E-state index is 0.0232. The number of nitrogens with one attached hydrogen (secondary N) is 1. The number of carbonyl (C=O) groups excluding carboxylic acids is 1. The van der Waals surface area contributed by atoms with Crippen molar-refractivity contribution in [2.45, 2.75) is 12.8 Å². The Morgan fingerprint density at radius 2 is 2.24 bits per heavy atom. The Hall–Kier alpha value is -1.14. The zero-order valence-corrected chi connectivity index (χ0v) is 10.5. The van der Waals surface area contributed by atoms with Crippen LogP contribution in [-0.2, 0) is 4.74 Å². The van der Waals surface area contributed by atoms with Gasteiger partial charge in [0.25, 0.3) is 5.91 Å². The van der Waals surface area contributed by atoms with Gasteiger partial charge in [-0.2, -0.15) is 0 Å². The first-order valence-corrected chi connectivity index (χ1v) is 6.69. The first-order valence-electron chi connectivity index (χ1n) is 5.87. The summed E-state index contributed by atoms with van der Waals surface area (Å²) in [4.78, 5) is 19.4. The highest BCUT2D eigenvalue weighted by Crippen LogP contribution is 2.33. The fourth-order valence-corrected chi connectivity index (χ4v) is 3.28. The molecule has 3 rings (SSSR count). The molecule has 6 heteroatoms. The van der Waals surface area contributed by atoms with Crippen molar-refractivity contribution in [3.05, 3.63) is 10.6 Å². The van der Waals surface area contributed by atoms with Crippen LogP contribution in [0.3, 0.4) is 0 Å². The first-order chi connectivity index (χ1) is 8.25. The van der Waals surface area contributed by atoms with E-state index in [4.69, 9.17) is 4.74 Å². The topological polar surface area (TPSA) is 54.5 Å². The van der Waals surface area contributed by atoms with Crippen molar-refractivity contribution in [1.82, 2.24) is 10.3 Å². The van der Waals surface area contributed by atoms with E-state index in [1.165, 1.54) is 11.3 Å². The Bertz CT molecular complexity index is 440. The van der Waals surface area contributed by atoms with Gasteiger partial charge in [-0.15, -0.1) is 0 Å². The van der Waals surface area contributed by atoms with Crippen LogP contribution in [0, 0.1) is 0 Å². The van der Waals surface area contributed by atoms with E-state index in [0.29, 0.717) is 12.5 Å². The maximum absolute atomic E-state index is 11.7. The number of rotatable bonds is 1. The second-order valence-electron chi connectivity index (χ2n) is 4.42. The van der Waals surface area contributed by atoms with Gasteiger partial charge >= 0.3 is 0 Å². The lowest BCUT2D eigenvalue weighted by atomic mass is 10.0. The van der Waals surface area contributed by atoms with Crippen LogP contribution >= 0.6 is 11.3 Å². The summed E-state index contributed by atoms with van der Waals surface area (Å²) in [5.74, 6) is 0.337. The smallest absolute Gasteiger partial charge is 0.263 e. The van der Waals surface area contributed by atoms with E-state index in [1.54, 1.807) is 0 Å². The molecular formula is C11H15N3O2S. The Morgan fingerprint density at radius 1 is 1.47 bits per heavy atom. The van der Waals surface area contributed by atoms with Crippen molar-refractivity contribution in [3.8, 4) is 0 Å². The van der Waals surface area contributed by atoms with Gasteiger partial charge in [-0.1, -0.05) is 18.3 Å². The van der Waals surface area contributed by atoms with E-state index in [-0.39, 0.29) is 5.91 Å². The van der Waals surface area contributed by atoms with Gasteiger partial charge in [0.15, 0.2) is 5.13 Å². The van der Waals surface area contributed by atoms with E-state index >= 15 is 0 Å². The molecule has 1 aromatic heterocycles. The minimum Gasteiger partial charge on any atom is -0.378 e. The average Bonchev–Trinajstić information content (AvgIpc) is 2.81. The predicted octanol–water partition coefficient (Wildman–Crippen LogP) is 0.827. The molecule has 0 spiro atoms. The summed E-state index contributed by atoms with van der Waals surface area (Å²) in [6.07, 6.45) is 0. The highest BCUT2D eigenvalue weighted by molar-refractivity contribution is 7.17. The number of fused-ring (bicyclic) bond motifs is 1. The van der Waals surface area contributed by atoms with E-state index in [2.05, 4.69) is 22.1 Å². The number of hydrogen-bond acceptors (Lipinski definition) is 5. The Morgan fingerprint density at radius 3 is 2.94 bits per heavy atom. The Balaban J connectivity index is 1.92. The Labute approximate surface area is 104 Å². The standard InChI is InChI=1S/C11H15N3O2S/c1-7-6-12-10(15)9-8(7)13-11(17-9)14-2-4-16-5-3-14/h7H,2-6H2,1H3,(H,12,15). The molecule has 1 N–H and O–H groups in total. The van der Waals surface area contributed by atoms with Crippen LogP contribution < -0.4 is 10.2 Å². The maximum atomic E-state index is 11.7. The van der Waals surface area contributed by atoms with Crippen molar-refractivity contribution in [2.24, 2.45) is 0 Å². The third-order valence-corrected chi connectivity index (χ3v) is 4.30. The number of hydrogen-bond donors (Lipinski definition) is 1. The van der Waals surface area contributed by atoms with E-state index in [1.807, 2.05) is 0 Å². The molecule has 0 bridgehead atoms. The first kappa shape index (κ1) is 11.0. The molecule has 1 atom stereocenters. The molecule has 0 aromatic carbocycles. The predicted molar refractivity (Wildman–Crippen MR) is 65.9 cm³/mol. The third kappa shape index (κ3) is 1.91. The number of carbonyl (C=O) groups is 1. The van der Waals surface area contributed by atoms with Crippen LogP contribution in [0.5, 0.6) is 0 Å². The van der Waals surface area contributed by atoms with Crippen molar-refractivity contribution < 1.29 is 9.53 Å². The number of ether oxygens (including phenoxy) is 1. The summed E-state index contributed by atoms with van der Waals surface area (Å²) in [5, 5.41) is 3.85. The summed E-state index contributed by atoms with van der Waals surface area (Å²) in [6.45, 7) is 6.00. The van der Waals surface area contributed by atoms with Gasteiger partial charge in [0.1, 0.15) is 4.88 Å². The van der Waals surface area contributed by atoms with Gasteiger partial charge in [0.05, 0.1) is 18.9 Å². The molecule has 3 heterocycles. The molecule has 1 saturated heterocycles. The maximum Gasteiger partial charge on any atom is 0.263 e. The van der Waals surface area contributed by atoms with Crippen molar-refractivity contribution in [1.29, 1.82) is 0 Å². The molecule has 1 amide bonds. The SMILES string of the molecule is CC1CNC(=O)c2sc(N3CCOCC3)nc21. The number of thiazole rings is 1. The fraction of sp³-hybridized carbons (Fsp3) is 0.636. The number of aromatic nitrogens is 1. The second-order valence-corrected chi connectivity index (χ2v) is 5.40. The van der Waals surface area contributed by atoms with Crippen molar-refractivity contribution in [2.75, 3.05) is 37.7 Å². The summed E-state index contributed by atoms with van der Waals surface area (Å²) < 4.78 is 5.32. The molecule has 0 aliphatic carbocycles. The van der Waals surface area contributed by atoms with Crippen LogP contribution in [0.1, 0.15) is 28.2 Å². The molecule has 2 aliphatic rings. The summed E-state index contributed by atoms with van der Waals surface area (Å²) in [7, 11) is 0. The average molecular weight is 253 g/mol. The molecule has 1 aromatic rings. The zero-order chi connectivity index (χ0) is 11.8. The van der Waals surface area contributed by atoms with Crippen LogP contribution in [0.15, 0.2) is 0 Å². The highest BCUT2D eigenvalue weighted by Gasteiger charge is 2.28. The van der Waals surface area contributed by atoms with Gasteiger partial charge in [0.2, 0.25) is 0 Å². The molecule has 92 valence electrons. The third-order valence-electron chi connectivity index (χ3n) is 3.17. The van der Waals surface area contributed by atoms with Crippen molar-refractivity contribution >= 4 is 22.4 Å². The van der Waals surface area contributed by atoms with Crippen LogP contribution in [0.2, 0.25) is 0 Å². The Kier molecular flexibility index (Phi) is 2.76. The fourth-order valence-electron chi connectivity index (χ4n) is 2.13. The number of nitrogens with zero attached hydrogens (tertiary/aromatic N) is 2. The van der Waals surface area contributed by atoms with Crippen LogP contribution in [0.25, 0.3) is 0 Å². The van der Waals surface area contributed by atoms with E-state index in [9.17, 15) is 4.79 Å². The lowest BCUT2D eigenvalue weighted by Gasteiger charge is -2.26.